The van der Waals surface area contributed by atoms with Crippen LogP contribution in [0.15, 0.2) is 35.3 Å². The Kier molecular flexibility index (Phi) is 9.13. The molecule has 1 amide bonds. The molecule has 2 aromatic rings. The number of para-hydroxylation sites is 1. The Morgan fingerprint density at radius 2 is 1.85 bits per heavy atom. The minimum absolute atomic E-state index is 0. The van der Waals surface area contributed by atoms with Gasteiger partial charge in [-0.2, -0.15) is 5.10 Å². The Bertz CT molecular complexity index is 947. The summed E-state index contributed by atoms with van der Waals surface area (Å²) in [5.74, 6) is 1.03. The van der Waals surface area contributed by atoms with Crippen LogP contribution in [0.3, 0.4) is 0 Å². The van der Waals surface area contributed by atoms with Crippen molar-refractivity contribution in [1.82, 2.24) is 24.9 Å². The predicted molar refractivity (Wildman–Crippen MR) is 140 cm³/mol. The van der Waals surface area contributed by atoms with Crippen molar-refractivity contribution in [3.63, 3.8) is 0 Å². The Balaban J connectivity index is 0.00000306. The van der Waals surface area contributed by atoms with Crippen LogP contribution < -0.4 is 5.32 Å². The number of rotatable bonds is 5. The normalized spacial score (nSPS) is 18.9. The van der Waals surface area contributed by atoms with Crippen LogP contribution in [-0.2, 0) is 16.1 Å². The van der Waals surface area contributed by atoms with Crippen LogP contribution in [0, 0.1) is 13.8 Å². The van der Waals surface area contributed by atoms with Crippen LogP contribution in [0.5, 0.6) is 0 Å². The number of benzene rings is 1. The van der Waals surface area contributed by atoms with Crippen molar-refractivity contribution in [3.8, 4) is 5.69 Å². The van der Waals surface area contributed by atoms with Gasteiger partial charge in [0.1, 0.15) is 6.10 Å². The van der Waals surface area contributed by atoms with E-state index in [9.17, 15) is 4.79 Å². The molecular weight excluding hydrogens is 531 g/mol. The fourth-order valence-electron chi connectivity index (χ4n) is 4.42. The molecule has 2 fully saturated rings. The van der Waals surface area contributed by atoms with Crippen molar-refractivity contribution in [1.29, 1.82) is 0 Å². The molecule has 2 aliphatic heterocycles. The highest BCUT2D eigenvalue weighted by Gasteiger charge is 2.31. The summed E-state index contributed by atoms with van der Waals surface area (Å²) in [6, 6.07) is 10.2. The van der Waals surface area contributed by atoms with E-state index in [-0.39, 0.29) is 36.0 Å². The molecule has 0 bridgehead atoms. The highest BCUT2D eigenvalue weighted by Crippen LogP contribution is 2.19. The average Bonchev–Trinajstić information content (AvgIpc) is 3.46. The third-order valence-electron chi connectivity index (χ3n) is 6.26. The van der Waals surface area contributed by atoms with Crippen molar-refractivity contribution >= 4 is 35.8 Å². The Morgan fingerprint density at radius 1 is 1.15 bits per heavy atom. The van der Waals surface area contributed by atoms with Crippen molar-refractivity contribution in [2.45, 2.75) is 46.3 Å². The van der Waals surface area contributed by atoms with Gasteiger partial charge in [0.05, 0.1) is 17.9 Å². The van der Waals surface area contributed by atoms with Gasteiger partial charge in [-0.3, -0.25) is 4.79 Å². The van der Waals surface area contributed by atoms with Crippen molar-refractivity contribution in [2.75, 3.05) is 39.3 Å². The number of hydrogen-bond acceptors (Lipinski definition) is 4. The Hall–Kier alpha value is -2.14. The zero-order valence-corrected chi connectivity index (χ0v) is 22.1. The van der Waals surface area contributed by atoms with E-state index in [1.165, 1.54) is 0 Å². The lowest BCUT2D eigenvalue weighted by atomic mass is 10.2. The lowest BCUT2D eigenvalue weighted by Gasteiger charge is -2.37. The molecule has 33 heavy (non-hydrogen) atoms. The number of piperazine rings is 1. The minimum Gasteiger partial charge on any atom is -0.368 e. The second-order valence-electron chi connectivity index (χ2n) is 8.38. The molecule has 1 aromatic heterocycles. The topological polar surface area (TPSA) is 75.0 Å². The van der Waals surface area contributed by atoms with Crippen LogP contribution in [0.2, 0.25) is 0 Å². The molecule has 1 aromatic carbocycles. The number of amides is 1. The van der Waals surface area contributed by atoms with Crippen molar-refractivity contribution < 1.29 is 9.53 Å². The summed E-state index contributed by atoms with van der Waals surface area (Å²) >= 11 is 0. The number of hydrogen-bond donors (Lipinski definition) is 1. The van der Waals surface area contributed by atoms with E-state index < -0.39 is 0 Å². The molecule has 0 radical (unpaired) electrons. The number of halogens is 1. The molecule has 2 aliphatic rings. The smallest absolute Gasteiger partial charge is 0.251 e. The Morgan fingerprint density at radius 3 is 2.48 bits per heavy atom. The van der Waals surface area contributed by atoms with Crippen LogP contribution in [0.4, 0.5) is 0 Å². The quantitative estimate of drug-likeness (QED) is 0.343. The first-order valence-corrected chi connectivity index (χ1v) is 11.6. The molecule has 2 saturated heterocycles. The average molecular weight is 566 g/mol. The first-order chi connectivity index (χ1) is 15.6. The first-order valence-electron chi connectivity index (χ1n) is 11.6. The van der Waals surface area contributed by atoms with Gasteiger partial charge in [0.2, 0.25) is 0 Å². The lowest BCUT2D eigenvalue weighted by molar-refractivity contribution is -0.142. The van der Waals surface area contributed by atoms with Gasteiger partial charge >= 0.3 is 0 Å². The number of ether oxygens (including phenoxy) is 1. The van der Waals surface area contributed by atoms with Gasteiger partial charge in [-0.15, -0.1) is 24.0 Å². The number of guanidine groups is 1. The molecule has 0 aliphatic carbocycles. The molecule has 3 heterocycles. The van der Waals surface area contributed by atoms with Crippen LogP contribution in [0.1, 0.15) is 36.7 Å². The highest BCUT2D eigenvalue weighted by molar-refractivity contribution is 14.0. The maximum absolute atomic E-state index is 12.6. The molecule has 9 heteroatoms. The largest absolute Gasteiger partial charge is 0.368 e. The number of aryl methyl sites for hydroxylation is 1. The highest BCUT2D eigenvalue weighted by atomic mass is 127. The fraction of sp³-hybridized carbons (Fsp3) is 0.542. The van der Waals surface area contributed by atoms with E-state index in [4.69, 9.17) is 14.8 Å². The molecule has 1 atom stereocenters. The standard InChI is InChI=1S/C24H34N6O2.HI/c1-4-25-24(29-14-12-28(13-15-29)23(31)22-11-8-16-32-22)26-17-21-18(2)27-30(19(21)3)20-9-6-5-7-10-20;/h5-7,9-10,22H,4,8,11-17H2,1-3H3,(H,25,26);1H. The van der Waals surface area contributed by atoms with Gasteiger partial charge in [-0.05, 0) is 45.7 Å². The number of nitrogens with one attached hydrogen (secondary N) is 1. The van der Waals surface area contributed by atoms with E-state index in [0.29, 0.717) is 26.2 Å². The number of aliphatic imine (C=N–C) groups is 1. The van der Waals surface area contributed by atoms with E-state index in [1.807, 2.05) is 34.7 Å². The zero-order valence-electron chi connectivity index (χ0n) is 19.8. The molecule has 8 nitrogen and oxygen atoms in total. The van der Waals surface area contributed by atoms with E-state index in [2.05, 4.69) is 36.2 Å². The van der Waals surface area contributed by atoms with Crippen molar-refractivity contribution in [3.05, 3.63) is 47.3 Å². The number of carbonyl (C=O) groups excluding carboxylic acids is 1. The molecule has 0 spiro atoms. The van der Waals surface area contributed by atoms with Crippen LogP contribution in [-0.4, -0.2) is 76.9 Å². The zero-order chi connectivity index (χ0) is 22.5. The third-order valence-corrected chi connectivity index (χ3v) is 6.26. The summed E-state index contributed by atoms with van der Waals surface area (Å²) in [6.07, 6.45) is 1.58. The molecule has 0 saturated carbocycles. The van der Waals surface area contributed by atoms with E-state index in [1.54, 1.807) is 0 Å². The minimum atomic E-state index is -0.240. The number of carbonyl (C=O) groups is 1. The molecule has 1 N–H and O–H groups in total. The van der Waals surface area contributed by atoms with Gasteiger partial charge in [0.15, 0.2) is 5.96 Å². The van der Waals surface area contributed by atoms with Gasteiger partial charge in [-0.1, -0.05) is 18.2 Å². The number of nitrogens with zero attached hydrogens (tertiary/aromatic N) is 5. The second-order valence-corrected chi connectivity index (χ2v) is 8.38. The van der Waals surface area contributed by atoms with E-state index >= 15 is 0 Å². The fourth-order valence-corrected chi connectivity index (χ4v) is 4.42. The van der Waals surface area contributed by atoms with Gasteiger partial charge in [0, 0.05) is 50.6 Å². The SMILES string of the molecule is CCNC(=NCc1c(C)nn(-c2ccccc2)c1C)N1CCN(C(=O)C2CCCO2)CC1.I. The second kappa shape index (κ2) is 11.8. The van der Waals surface area contributed by atoms with Gasteiger partial charge in [-0.25, -0.2) is 9.67 Å². The monoisotopic (exact) mass is 566 g/mol. The lowest BCUT2D eigenvalue weighted by Crippen LogP contribution is -2.55. The first kappa shape index (κ1) is 25.5. The van der Waals surface area contributed by atoms with Gasteiger partial charge in [0.25, 0.3) is 5.91 Å². The molecule has 4 rings (SSSR count). The summed E-state index contributed by atoms with van der Waals surface area (Å²) in [4.78, 5) is 21.8. The maximum atomic E-state index is 12.6. The van der Waals surface area contributed by atoms with E-state index in [0.717, 1.165) is 61.1 Å². The maximum Gasteiger partial charge on any atom is 0.251 e. The Labute approximate surface area is 213 Å². The third kappa shape index (κ3) is 5.87. The molecule has 180 valence electrons. The van der Waals surface area contributed by atoms with Crippen molar-refractivity contribution in [2.24, 2.45) is 4.99 Å². The summed E-state index contributed by atoms with van der Waals surface area (Å²) in [5, 5.41) is 8.16. The number of aromatic nitrogens is 2. The molecule has 1 unspecified atom stereocenters. The van der Waals surface area contributed by atoms with Crippen LogP contribution in [0.25, 0.3) is 5.69 Å². The predicted octanol–water partition coefficient (Wildman–Crippen LogP) is 2.90. The summed E-state index contributed by atoms with van der Waals surface area (Å²) in [5.41, 5.74) is 4.32. The van der Waals surface area contributed by atoms with Crippen LogP contribution >= 0.6 is 24.0 Å². The summed E-state index contributed by atoms with van der Waals surface area (Å²) in [6.45, 7) is 11.2. The molecular formula is C24H35IN6O2. The summed E-state index contributed by atoms with van der Waals surface area (Å²) < 4.78 is 7.56. The summed E-state index contributed by atoms with van der Waals surface area (Å²) in [7, 11) is 0. The van der Waals surface area contributed by atoms with Gasteiger partial charge < -0.3 is 19.9 Å².